The number of benzene rings is 3. The van der Waals surface area contributed by atoms with Gasteiger partial charge in [0.05, 0.1) is 38.5 Å². The number of carbonyl (C=O) groups is 1. The van der Waals surface area contributed by atoms with Gasteiger partial charge in [-0.15, -0.1) is 0 Å². The average molecular weight is 540 g/mol. The second kappa shape index (κ2) is 12.2. The molecular weight excluding hydrogens is 506 g/mol. The molecule has 0 radical (unpaired) electrons. The lowest BCUT2D eigenvalue weighted by atomic mass is 10.2. The van der Waals surface area contributed by atoms with Crippen LogP contribution in [0.1, 0.15) is 5.56 Å². The van der Waals surface area contributed by atoms with E-state index >= 15 is 0 Å². The van der Waals surface area contributed by atoms with Gasteiger partial charge in [0.2, 0.25) is 15.9 Å². The monoisotopic (exact) mass is 539 g/mol. The topological polar surface area (TPSA) is 88.6 Å². The van der Waals surface area contributed by atoms with Gasteiger partial charge in [-0.05, 0) is 29.8 Å². The fraction of sp³-hybridized carbons (Fsp3) is 0.321. The standard InChI is InChI=1S/C28H33N3O6S/c1-35-25-12-8-7-11-24(25)29-15-17-30(18-16-29)28(32)21-31(20-22-9-5-4-6-10-22)38(33,34)23-13-14-26(36-2)27(19-23)37-3/h4-14,19H,15-18,20-21H2,1-3H3. The lowest BCUT2D eigenvalue weighted by molar-refractivity contribution is -0.131. The number of piperazine rings is 1. The van der Waals surface area contributed by atoms with Crippen LogP contribution in [0.15, 0.2) is 77.7 Å². The molecule has 0 atom stereocenters. The Morgan fingerprint density at radius 3 is 2.08 bits per heavy atom. The molecule has 0 N–H and O–H groups in total. The molecule has 1 aliphatic heterocycles. The number of rotatable bonds is 10. The second-order valence-corrected chi connectivity index (χ2v) is 10.8. The normalized spacial score (nSPS) is 13.9. The maximum absolute atomic E-state index is 13.8. The molecule has 1 aliphatic rings. The predicted molar refractivity (Wildman–Crippen MR) is 145 cm³/mol. The summed E-state index contributed by atoms with van der Waals surface area (Å²) < 4.78 is 44.8. The zero-order valence-corrected chi connectivity index (χ0v) is 22.7. The number of hydrogen-bond acceptors (Lipinski definition) is 7. The van der Waals surface area contributed by atoms with Crippen molar-refractivity contribution in [1.29, 1.82) is 0 Å². The van der Waals surface area contributed by atoms with E-state index in [0.717, 1.165) is 17.0 Å². The van der Waals surface area contributed by atoms with Crippen LogP contribution in [0.5, 0.6) is 17.2 Å². The molecule has 0 aliphatic carbocycles. The Kier molecular flexibility index (Phi) is 8.75. The van der Waals surface area contributed by atoms with Gasteiger partial charge in [-0.25, -0.2) is 8.42 Å². The van der Waals surface area contributed by atoms with E-state index in [1.165, 1.54) is 30.7 Å². The molecule has 1 saturated heterocycles. The van der Waals surface area contributed by atoms with Gasteiger partial charge in [0.25, 0.3) is 0 Å². The zero-order chi connectivity index (χ0) is 27.1. The van der Waals surface area contributed by atoms with Gasteiger partial charge in [-0.1, -0.05) is 42.5 Å². The van der Waals surface area contributed by atoms with E-state index in [1.807, 2.05) is 54.6 Å². The zero-order valence-electron chi connectivity index (χ0n) is 21.9. The van der Waals surface area contributed by atoms with Gasteiger partial charge >= 0.3 is 0 Å². The molecule has 4 rings (SSSR count). The summed E-state index contributed by atoms with van der Waals surface area (Å²) in [4.78, 5) is 17.3. The van der Waals surface area contributed by atoms with E-state index < -0.39 is 10.0 Å². The van der Waals surface area contributed by atoms with Gasteiger partial charge in [0.1, 0.15) is 5.75 Å². The van der Waals surface area contributed by atoms with E-state index in [1.54, 1.807) is 18.1 Å². The summed E-state index contributed by atoms with van der Waals surface area (Å²) in [5.41, 5.74) is 1.76. The van der Waals surface area contributed by atoms with Crippen molar-refractivity contribution in [2.24, 2.45) is 0 Å². The molecule has 0 aromatic heterocycles. The molecule has 0 spiro atoms. The van der Waals surface area contributed by atoms with Crippen molar-refractivity contribution in [3.63, 3.8) is 0 Å². The Morgan fingerprint density at radius 2 is 1.42 bits per heavy atom. The molecule has 0 bridgehead atoms. The van der Waals surface area contributed by atoms with E-state index in [4.69, 9.17) is 14.2 Å². The summed E-state index contributed by atoms with van der Waals surface area (Å²) in [6.45, 7) is 1.98. The average Bonchev–Trinajstić information content (AvgIpc) is 2.96. The Hall–Kier alpha value is -3.76. The third-order valence-electron chi connectivity index (χ3n) is 6.56. The van der Waals surface area contributed by atoms with Gasteiger partial charge < -0.3 is 24.0 Å². The molecule has 3 aromatic rings. The molecule has 38 heavy (non-hydrogen) atoms. The molecule has 0 unspecified atom stereocenters. The number of methoxy groups -OCH3 is 3. The Bertz CT molecular complexity index is 1340. The number of carbonyl (C=O) groups excluding carboxylic acids is 1. The Labute approximate surface area is 224 Å². The van der Waals surface area contributed by atoms with Crippen molar-refractivity contribution in [3.8, 4) is 17.2 Å². The number of sulfonamides is 1. The van der Waals surface area contributed by atoms with Crippen LogP contribution in [0.2, 0.25) is 0 Å². The lowest BCUT2D eigenvalue weighted by Gasteiger charge is -2.37. The van der Waals surface area contributed by atoms with E-state index in [-0.39, 0.29) is 23.9 Å². The van der Waals surface area contributed by atoms with Gasteiger partial charge in [0.15, 0.2) is 11.5 Å². The van der Waals surface area contributed by atoms with Crippen molar-refractivity contribution in [1.82, 2.24) is 9.21 Å². The highest BCUT2D eigenvalue weighted by atomic mass is 32.2. The maximum Gasteiger partial charge on any atom is 0.243 e. The fourth-order valence-corrected chi connectivity index (χ4v) is 5.87. The summed E-state index contributed by atoms with van der Waals surface area (Å²) in [5.74, 6) is 1.25. The number of ether oxygens (including phenoxy) is 3. The predicted octanol–water partition coefficient (Wildman–Crippen LogP) is 3.25. The first-order valence-electron chi connectivity index (χ1n) is 12.3. The van der Waals surface area contributed by atoms with E-state index in [0.29, 0.717) is 37.7 Å². The lowest BCUT2D eigenvalue weighted by Crippen LogP contribution is -2.51. The first-order valence-corrected chi connectivity index (χ1v) is 13.7. The summed E-state index contributed by atoms with van der Waals surface area (Å²) >= 11 is 0. The van der Waals surface area contributed by atoms with E-state index in [9.17, 15) is 13.2 Å². The first-order chi connectivity index (χ1) is 18.4. The van der Waals surface area contributed by atoms with Crippen molar-refractivity contribution < 1.29 is 27.4 Å². The molecule has 0 saturated carbocycles. The quantitative estimate of drug-likeness (QED) is 0.391. The molecule has 9 nitrogen and oxygen atoms in total. The number of anilines is 1. The van der Waals surface area contributed by atoms with Crippen molar-refractivity contribution in [3.05, 3.63) is 78.4 Å². The van der Waals surface area contributed by atoms with Crippen molar-refractivity contribution >= 4 is 21.6 Å². The van der Waals surface area contributed by atoms with Crippen LogP contribution >= 0.6 is 0 Å². The first kappa shape index (κ1) is 27.3. The number of amides is 1. The molecule has 202 valence electrons. The molecule has 1 heterocycles. The Balaban J connectivity index is 1.53. The fourth-order valence-electron chi connectivity index (χ4n) is 4.48. The summed E-state index contributed by atoms with van der Waals surface area (Å²) in [5, 5.41) is 0. The van der Waals surface area contributed by atoms with Crippen molar-refractivity contribution in [2.45, 2.75) is 11.4 Å². The third-order valence-corrected chi connectivity index (χ3v) is 8.35. The molecule has 1 fully saturated rings. The Morgan fingerprint density at radius 1 is 0.789 bits per heavy atom. The van der Waals surface area contributed by atoms with Crippen LogP contribution < -0.4 is 19.1 Å². The number of nitrogens with zero attached hydrogens (tertiary/aromatic N) is 3. The van der Waals surface area contributed by atoms with Gasteiger partial charge in [-0.3, -0.25) is 4.79 Å². The van der Waals surface area contributed by atoms with Gasteiger partial charge in [-0.2, -0.15) is 4.31 Å². The number of para-hydroxylation sites is 2. The summed E-state index contributed by atoms with van der Waals surface area (Å²) in [6.07, 6.45) is 0. The van der Waals surface area contributed by atoms with Gasteiger partial charge in [0, 0.05) is 38.8 Å². The van der Waals surface area contributed by atoms with Crippen molar-refractivity contribution in [2.75, 3.05) is 59.0 Å². The van der Waals surface area contributed by atoms with Crippen LogP contribution in [0.3, 0.4) is 0 Å². The van der Waals surface area contributed by atoms with Crippen LogP contribution in [-0.2, 0) is 21.4 Å². The SMILES string of the molecule is COc1ccc(S(=O)(=O)N(CC(=O)N2CCN(c3ccccc3OC)CC2)Cc2ccccc2)cc1OC. The summed E-state index contributed by atoms with van der Waals surface area (Å²) in [6, 6.07) is 21.4. The molecular formula is C28H33N3O6S. The largest absolute Gasteiger partial charge is 0.495 e. The highest BCUT2D eigenvalue weighted by Crippen LogP contribution is 2.31. The second-order valence-electron chi connectivity index (χ2n) is 8.82. The highest BCUT2D eigenvalue weighted by Gasteiger charge is 2.31. The molecule has 3 aromatic carbocycles. The highest BCUT2D eigenvalue weighted by molar-refractivity contribution is 7.89. The van der Waals surface area contributed by atoms with Crippen LogP contribution in [0.4, 0.5) is 5.69 Å². The third kappa shape index (κ3) is 6.03. The van der Waals surface area contributed by atoms with Crippen LogP contribution in [0.25, 0.3) is 0 Å². The van der Waals surface area contributed by atoms with Crippen LogP contribution in [-0.4, -0.2) is 77.6 Å². The minimum absolute atomic E-state index is 0.0277. The molecule has 10 heteroatoms. The minimum atomic E-state index is -4.03. The number of hydrogen-bond donors (Lipinski definition) is 0. The van der Waals surface area contributed by atoms with E-state index in [2.05, 4.69) is 4.90 Å². The van der Waals surface area contributed by atoms with Crippen LogP contribution in [0, 0.1) is 0 Å². The maximum atomic E-state index is 13.8. The summed E-state index contributed by atoms with van der Waals surface area (Å²) in [7, 11) is 0.542. The smallest absolute Gasteiger partial charge is 0.243 e. The minimum Gasteiger partial charge on any atom is -0.495 e. The molecule has 1 amide bonds.